The van der Waals surface area contributed by atoms with Crippen molar-refractivity contribution >= 4 is 54.1 Å². The van der Waals surface area contributed by atoms with Crippen LogP contribution in [0.4, 0.5) is 11.4 Å². The molecule has 0 saturated carbocycles. The number of aromatic nitrogens is 1. The van der Waals surface area contributed by atoms with Crippen molar-refractivity contribution in [1.29, 1.82) is 0 Å². The van der Waals surface area contributed by atoms with Gasteiger partial charge >= 0.3 is 0 Å². The van der Waals surface area contributed by atoms with Gasteiger partial charge in [0.1, 0.15) is 6.54 Å². The molecule has 1 heterocycles. The number of carbonyl (C=O) groups is 1. The molecule has 0 fully saturated rings. The number of rotatable bonds is 5. The normalized spacial score (nSPS) is 11.9. The lowest BCUT2D eigenvalue weighted by Crippen LogP contribution is -2.34. The Morgan fingerprint density at radius 2 is 1.93 bits per heavy atom. The van der Waals surface area contributed by atoms with E-state index in [4.69, 9.17) is 0 Å². The maximum absolute atomic E-state index is 12.2. The average Bonchev–Trinajstić information content (AvgIpc) is 2.92. The predicted octanol–water partition coefficient (Wildman–Crippen LogP) is 3.71. The van der Waals surface area contributed by atoms with E-state index in [1.165, 1.54) is 0 Å². The summed E-state index contributed by atoms with van der Waals surface area (Å²) >= 11 is 3.33. The number of sulfonamides is 1. The minimum atomic E-state index is -3.68. The lowest BCUT2D eigenvalue weighted by Gasteiger charge is -2.20. The fourth-order valence-electron chi connectivity index (χ4n) is 2.49. The number of aromatic amines is 1. The second-order valence-corrected chi connectivity index (χ2v) is 8.53. The van der Waals surface area contributed by atoms with E-state index in [-0.39, 0.29) is 11.6 Å². The van der Waals surface area contributed by atoms with Crippen molar-refractivity contribution in [2.45, 2.75) is 0 Å². The number of hydrogen-bond donors (Lipinski definition) is 2. The molecule has 0 aliphatic rings. The number of anilines is 1. The Bertz CT molecular complexity index is 1130. The number of para-hydroxylation sites is 1. The average molecular weight is 451 g/mol. The molecule has 140 valence electrons. The van der Waals surface area contributed by atoms with Crippen LogP contribution in [0.3, 0.4) is 0 Å². The standard InChI is InChI=1S/C17H15BrN4O4S/c1-27(25,26)22(12-5-3-2-4-6-12)10-15(23)20-21-16-13-9-11(18)7-8-14(13)19-17(16)24/h2-9,19,24H,10H2,1H3. The molecule has 0 saturated heterocycles. The van der Waals surface area contributed by atoms with Crippen LogP contribution in [0.2, 0.25) is 0 Å². The number of halogens is 1. The van der Waals surface area contributed by atoms with Gasteiger partial charge in [-0.15, -0.1) is 10.2 Å². The SMILES string of the molecule is CS(=O)(=O)N(CC(=O)N=Nc1c(O)[nH]c2ccc(Br)cc12)c1ccccc1. The summed E-state index contributed by atoms with van der Waals surface area (Å²) in [6, 6.07) is 13.5. The highest BCUT2D eigenvalue weighted by molar-refractivity contribution is 9.10. The Kier molecular flexibility index (Phi) is 5.29. The topological polar surface area (TPSA) is 115 Å². The highest BCUT2D eigenvalue weighted by atomic mass is 79.9. The van der Waals surface area contributed by atoms with Gasteiger partial charge in [-0.25, -0.2) is 8.42 Å². The van der Waals surface area contributed by atoms with E-state index in [9.17, 15) is 18.3 Å². The summed E-state index contributed by atoms with van der Waals surface area (Å²) in [6.07, 6.45) is 1.01. The number of amides is 1. The van der Waals surface area contributed by atoms with Crippen LogP contribution in [0.15, 0.2) is 63.2 Å². The summed E-state index contributed by atoms with van der Waals surface area (Å²) < 4.78 is 25.7. The zero-order valence-electron chi connectivity index (χ0n) is 14.1. The molecule has 2 aromatic carbocycles. The minimum absolute atomic E-state index is 0.102. The Morgan fingerprint density at radius 3 is 2.59 bits per heavy atom. The molecule has 0 radical (unpaired) electrons. The van der Waals surface area contributed by atoms with Crippen LogP contribution in [0.1, 0.15) is 0 Å². The van der Waals surface area contributed by atoms with Gasteiger partial charge in [0.05, 0.1) is 17.5 Å². The summed E-state index contributed by atoms with van der Waals surface area (Å²) in [5.74, 6) is -1.00. The van der Waals surface area contributed by atoms with Crippen LogP contribution in [-0.4, -0.2) is 37.2 Å². The monoisotopic (exact) mass is 450 g/mol. The van der Waals surface area contributed by atoms with Crippen LogP contribution in [0, 0.1) is 0 Å². The molecule has 1 amide bonds. The van der Waals surface area contributed by atoms with E-state index in [0.717, 1.165) is 15.0 Å². The number of azo groups is 1. The number of hydrogen-bond acceptors (Lipinski definition) is 5. The first-order chi connectivity index (χ1) is 12.8. The largest absolute Gasteiger partial charge is 0.493 e. The molecule has 0 unspecified atom stereocenters. The third kappa shape index (κ3) is 4.34. The molecule has 10 heteroatoms. The Hall–Kier alpha value is -2.72. The molecule has 3 aromatic rings. The maximum atomic E-state index is 12.2. The van der Waals surface area contributed by atoms with Crippen molar-refractivity contribution in [2.75, 3.05) is 17.1 Å². The highest BCUT2D eigenvalue weighted by Crippen LogP contribution is 2.36. The number of benzene rings is 2. The second kappa shape index (κ2) is 7.49. The predicted molar refractivity (Wildman–Crippen MR) is 106 cm³/mol. The summed E-state index contributed by atoms with van der Waals surface area (Å²) in [6.45, 7) is -0.501. The second-order valence-electron chi connectivity index (χ2n) is 5.71. The quantitative estimate of drug-likeness (QED) is 0.576. The van der Waals surface area contributed by atoms with Crippen molar-refractivity contribution < 1.29 is 18.3 Å². The van der Waals surface area contributed by atoms with E-state index < -0.39 is 22.5 Å². The summed E-state index contributed by atoms with van der Waals surface area (Å²) in [5, 5.41) is 17.9. The van der Waals surface area contributed by atoms with Crippen molar-refractivity contribution in [3.63, 3.8) is 0 Å². The van der Waals surface area contributed by atoms with Crippen LogP contribution in [0.5, 0.6) is 5.88 Å². The number of fused-ring (bicyclic) bond motifs is 1. The van der Waals surface area contributed by atoms with Gasteiger partial charge < -0.3 is 10.1 Å². The first kappa shape index (κ1) is 19.1. The van der Waals surface area contributed by atoms with Crippen LogP contribution >= 0.6 is 15.9 Å². The Labute approximate surface area is 163 Å². The van der Waals surface area contributed by atoms with Gasteiger partial charge in [0.2, 0.25) is 15.9 Å². The van der Waals surface area contributed by atoms with Gasteiger partial charge in [0.15, 0.2) is 5.69 Å². The molecule has 27 heavy (non-hydrogen) atoms. The number of carbonyl (C=O) groups excluding carboxylic acids is 1. The Morgan fingerprint density at radius 1 is 1.22 bits per heavy atom. The first-order valence-electron chi connectivity index (χ1n) is 7.73. The maximum Gasteiger partial charge on any atom is 0.285 e. The summed E-state index contributed by atoms with van der Waals surface area (Å²) in [4.78, 5) is 14.9. The van der Waals surface area contributed by atoms with Gasteiger partial charge in [0, 0.05) is 9.86 Å². The zero-order valence-corrected chi connectivity index (χ0v) is 16.5. The molecule has 0 aliphatic heterocycles. The number of nitrogens with one attached hydrogen (secondary N) is 1. The van der Waals surface area contributed by atoms with E-state index >= 15 is 0 Å². The summed E-state index contributed by atoms with van der Waals surface area (Å²) in [5.41, 5.74) is 1.08. The van der Waals surface area contributed by atoms with E-state index in [1.54, 1.807) is 48.5 Å². The highest BCUT2D eigenvalue weighted by Gasteiger charge is 2.21. The fraction of sp³-hybridized carbons (Fsp3) is 0.118. The lowest BCUT2D eigenvalue weighted by molar-refractivity contribution is -0.116. The van der Waals surface area contributed by atoms with Crippen molar-refractivity contribution in [1.82, 2.24) is 4.98 Å². The third-order valence-corrected chi connectivity index (χ3v) is 5.33. The molecule has 3 rings (SSSR count). The van der Waals surface area contributed by atoms with Crippen LogP contribution in [-0.2, 0) is 14.8 Å². The smallest absolute Gasteiger partial charge is 0.285 e. The van der Waals surface area contributed by atoms with Crippen molar-refractivity contribution in [2.24, 2.45) is 10.2 Å². The lowest BCUT2D eigenvalue weighted by atomic mass is 10.2. The van der Waals surface area contributed by atoms with E-state index in [2.05, 4.69) is 31.1 Å². The molecular weight excluding hydrogens is 436 g/mol. The number of H-pyrrole nitrogens is 1. The van der Waals surface area contributed by atoms with Crippen molar-refractivity contribution in [3.05, 3.63) is 53.0 Å². The van der Waals surface area contributed by atoms with Gasteiger partial charge in [-0.2, -0.15) is 0 Å². The van der Waals surface area contributed by atoms with E-state index in [0.29, 0.717) is 16.6 Å². The van der Waals surface area contributed by atoms with Crippen molar-refractivity contribution in [3.8, 4) is 5.88 Å². The Balaban J connectivity index is 1.87. The summed E-state index contributed by atoms with van der Waals surface area (Å²) in [7, 11) is -3.68. The number of aromatic hydroxyl groups is 1. The first-order valence-corrected chi connectivity index (χ1v) is 10.4. The van der Waals surface area contributed by atoms with Crippen LogP contribution < -0.4 is 4.31 Å². The third-order valence-electron chi connectivity index (χ3n) is 3.70. The molecule has 0 atom stereocenters. The fourth-order valence-corrected chi connectivity index (χ4v) is 3.70. The minimum Gasteiger partial charge on any atom is -0.493 e. The molecule has 0 bridgehead atoms. The molecule has 2 N–H and O–H groups in total. The van der Waals surface area contributed by atoms with Gasteiger partial charge in [-0.1, -0.05) is 34.1 Å². The number of nitrogens with zero attached hydrogens (tertiary/aromatic N) is 3. The molecule has 0 aliphatic carbocycles. The zero-order chi connectivity index (χ0) is 19.6. The molecular formula is C17H15BrN4O4S. The van der Waals surface area contributed by atoms with E-state index in [1.807, 2.05) is 0 Å². The molecule has 1 aromatic heterocycles. The van der Waals surface area contributed by atoms with Gasteiger partial charge in [-0.05, 0) is 30.3 Å². The van der Waals surface area contributed by atoms with Crippen LogP contribution in [0.25, 0.3) is 10.9 Å². The molecule has 0 spiro atoms. The van der Waals surface area contributed by atoms with Gasteiger partial charge in [-0.3, -0.25) is 9.10 Å². The molecule has 8 nitrogen and oxygen atoms in total. The van der Waals surface area contributed by atoms with Gasteiger partial charge in [0.25, 0.3) is 5.91 Å².